The Hall–Kier alpha value is -4.32. The van der Waals surface area contributed by atoms with Crippen LogP contribution in [0.3, 0.4) is 0 Å². The summed E-state index contributed by atoms with van der Waals surface area (Å²) in [5, 5.41) is 7.93. The van der Waals surface area contributed by atoms with E-state index in [0.717, 1.165) is 28.6 Å². The van der Waals surface area contributed by atoms with Gasteiger partial charge in [0.1, 0.15) is 23.7 Å². The number of hydrogen-bond acceptors (Lipinski definition) is 9. The van der Waals surface area contributed by atoms with Gasteiger partial charge in [-0.3, -0.25) is 34.0 Å². The largest absolute Gasteiger partial charge is 0.468 e. The summed E-state index contributed by atoms with van der Waals surface area (Å²) in [5.41, 5.74) is 3.48. The van der Waals surface area contributed by atoms with Crippen molar-refractivity contribution in [2.24, 2.45) is 11.3 Å². The quantitative estimate of drug-likeness (QED) is 0.311. The molecule has 3 N–H and O–H groups in total. The number of aromatic nitrogens is 1. The lowest BCUT2D eigenvalue weighted by Crippen LogP contribution is -2.65. The number of rotatable bonds is 11. The third-order valence-electron chi connectivity index (χ3n) is 8.75. The second kappa shape index (κ2) is 14.2. The summed E-state index contributed by atoms with van der Waals surface area (Å²) in [6, 6.07) is 8.02. The van der Waals surface area contributed by atoms with E-state index in [1.54, 1.807) is 33.8 Å². The van der Waals surface area contributed by atoms with E-state index in [0.29, 0.717) is 19.4 Å². The fourth-order valence-electron chi connectivity index (χ4n) is 5.67. The zero-order valence-corrected chi connectivity index (χ0v) is 28.5. The first-order chi connectivity index (χ1) is 22.0. The fraction of sp³-hybridized carbons (Fsp3) is 0.543. The van der Waals surface area contributed by atoms with Gasteiger partial charge < -0.3 is 20.1 Å². The highest BCUT2D eigenvalue weighted by atomic mass is 16.5. The Bertz CT molecular complexity index is 1570. The SMILES string of the molecule is COC(=O)C1(C)CCCN(C(=O)[C@H](C)NC(=O)[C@@H](NC(=O)C(C)(C)/C=C/c2ccc3ccc([C@H]4CC4OC(C)=O)nc3c2)C(C)C)N1. The van der Waals surface area contributed by atoms with Gasteiger partial charge in [0.2, 0.25) is 11.8 Å². The molecule has 254 valence electrons. The molecule has 3 amide bonds. The summed E-state index contributed by atoms with van der Waals surface area (Å²) < 4.78 is 10.2. The van der Waals surface area contributed by atoms with Gasteiger partial charge in [-0.05, 0) is 70.6 Å². The van der Waals surface area contributed by atoms with E-state index in [-0.39, 0.29) is 29.8 Å². The molecule has 12 heteroatoms. The second-order valence-corrected chi connectivity index (χ2v) is 13.7. The van der Waals surface area contributed by atoms with E-state index >= 15 is 0 Å². The number of pyridine rings is 1. The Morgan fingerprint density at radius 3 is 2.47 bits per heavy atom. The lowest BCUT2D eigenvalue weighted by atomic mass is 9.89. The molecule has 1 aromatic heterocycles. The average molecular weight is 650 g/mol. The topological polar surface area (TPSA) is 156 Å². The van der Waals surface area contributed by atoms with Gasteiger partial charge in [0.25, 0.3) is 5.91 Å². The molecule has 1 saturated carbocycles. The van der Waals surface area contributed by atoms with E-state index in [9.17, 15) is 24.0 Å². The summed E-state index contributed by atoms with van der Waals surface area (Å²) in [4.78, 5) is 68.3. The molecule has 2 unspecified atom stereocenters. The molecule has 1 saturated heterocycles. The molecule has 2 fully saturated rings. The predicted octanol–water partition coefficient (Wildman–Crippen LogP) is 3.40. The van der Waals surface area contributed by atoms with Crippen molar-refractivity contribution in [3.05, 3.63) is 47.7 Å². The Morgan fingerprint density at radius 1 is 1.11 bits per heavy atom. The summed E-state index contributed by atoms with van der Waals surface area (Å²) in [5.74, 6) is -2.15. The molecule has 47 heavy (non-hydrogen) atoms. The fourth-order valence-corrected chi connectivity index (χ4v) is 5.67. The minimum atomic E-state index is -1.04. The molecule has 0 bridgehead atoms. The normalized spacial score (nSPS) is 22.4. The van der Waals surface area contributed by atoms with Crippen LogP contribution in [0.2, 0.25) is 0 Å². The van der Waals surface area contributed by atoms with E-state index in [1.165, 1.54) is 19.0 Å². The zero-order valence-electron chi connectivity index (χ0n) is 28.5. The molecule has 1 aromatic carbocycles. The van der Waals surface area contributed by atoms with Crippen molar-refractivity contribution >= 4 is 46.6 Å². The number of benzene rings is 1. The standard InChI is InChI=1S/C35H47N5O7/c1-20(2)29(30(42)36-21(3)31(43)40-17-9-15-35(7,39-40)33(45)46-8)38-32(44)34(5,6)16-14-23-10-11-24-12-13-26(37-27(24)18-23)25-19-28(25)47-22(4)41/h10-14,16,18,20-21,25,28-29,39H,9,15,17,19H2,1-8H3,(H,36,42)(H,38,44)/b16-14+/t21-,25+,28?,29-,35?/m0/s1. The number of esters is 2. The first kappa shape index (κ1) is 35.5. The van der Waals surface area contributed by atoms with Gasteiger partial charge >= 0.3 is 11.9 Å². The number of fused-ring (bicyclic) bond motifs is 1. The van der Waals surface area contributed by atoms with Crippen LogP contribution in [-0.2, 0) is 33.4 Å². The number of methoxy groups -OCH3 is 1. The van der Waals surface area contributed by atoms with E-state index in [4.69, 9.17) is 14.5 Å². The molecule has 1 aliphatic heterocycles. The maximum Gasteiger partial charge on any atom is 0.327 e. The second-order valence-electron chi connectivity index (χ2n) is 13.7. The number of nitrogens with one attached hydrogen (secondary N) is 3. The van der Waals surface area contributed by atoms with Crippen molar-refractivity contribution < 1.29 is 33.4 Å². The first-order valence-corrected chi connectivity index (χ1v) is 16.1. The number of ether oxygens (including phenoxy) is 2. The van der Waals surface area contributed by atoms with Crippen molar-refractivity contribution in [2.75, 3.05) is 13.7 Å². The van der Waals surface area contributed by atoms with Crippen LogP contribution in [0.25, 0.3) is 17.0 Å². The highest BCUT2D eigenvalue weighted by Gasteiger charge is 2.43. The highest BCUT2D eigenvalue weighted by Crippen LogP contribution is 2.43. The highest BCUT2D eigenvalue weighted by molar-refractivity contribution is 5.94. The summed E-state index contributed by atoms with van der Waals surface area (Å²) in [7, 11) is 1.30. The molecular weight excluding hydrogens is 602 g/mol. The molecule has 0 radical (unpaired) electrons. The number of nitrogens with zero attached hydrogens (tertiary/aromatic N) is 2. The smallest absolute Gasteiger partial charge is 0.327 e. The summed E-state index contributed by atoms with van der Waals surface area (Å²) >= 11 is 0. The van der Waals surface area contributed by atoms with Gasteiger partial charge in [-0.2, -0.15) is 0 Å². The van der Waals surface area contributed by atoms with Crippen LogP contribution in [-0.4, -0.2) is 77.0 Å². The number of hydrazine groups is 1. The average Bonchev–Trinajstić information content (AvgIpc) is 3.79. The lowest BCUT2D eigenvalue weighted by Gasteiger charge is -2.40. The molecule has 1 aliphatic carbocycles. The molecule has 2 heterocycles. The van der Waals surface area contributed by atoms with Crippen LogP contribution in [0.15, 0.2) is 36.4 Å². The zero-order chi connectivity index (χ0) is 34.7. The van der Waals surface area contributed by atoms with Gasteiger partial charge in [0.05, 0.1) is 18.0 Å². The van der Waals surface area contributed by atoms with Crippen LogP contribution in [0.4, 0.5) is 0 Å². The van der Waals surface area contributed by atoms with Crippen molar-refractivity contribution in [2.45, 2.75) is 97.4 Å². The molecule has 2 aliphatic rings. The maximum atomic E-state index is 13.5. The molecule has 5 atom stereocenters. The van der Waals surface area contributed by atoms with Gasteiger partial charge in [-0.15, -0.1) is 0 Å². The Morgan fingerprint density at radius 2 is 1.81 bits per heavy atom. The molecule has 2 aromatic rings. The van der Waals surface area contributed by atoms with E-state index in [1.807, 2.05) is 50.3 Å². The van der Waals surface area contributed by atoms with Gasteiger partial charge in [-0.25, -0.2) is 5.43 Å². The number of carbonyl (C=O) groups excluding carboxylic acids is 5. The van der Waals surface area contributed by atoms with E-state index in [2.05, 4.69) is 16.1 Å². The maximum absolute atomic E-state index is 13.5. The Labute approximate surface area is 276 Å². The van der Waals surface area contributed by atoms with Gasteiger partial charge in [-0.1, -0.05) is 44.2 Å². The minimum Gasteiger partial charge on any atom is -0.468 e. The van der Waals surface area contributed by atoms with Gasteiger partial charge in [0, 0.05) is 30.5 Å². The predicted molar refractivity (Wildman–Crippen MR) is 176 cm³/mol. The minimum absolute atomic E-state index is 0.0983. The molecule has 0 spiro atoms. The van der Waals surface area contributed by atoms with Crippen molar-refractivity contribution in [1.29, 1.82) is 0 Å². The Balaban J connectivity index is 1.38. The Kier molecular flexibility index (Phi) is 10.7. The van der Waals surface area contributed by atoms with Crippen molar-refractivity contribution in [3.8, 4) is 0 Å². The van der Waals surface area contributed by atoms with Crippen LogP contribution in [0, 0.1) is 11.3 Å². The van der Waals surface area contributed by atoms with Crippen LogP contribution in [0.1, 0.15) is 84.9 Å². The number of carbonyl (C=O) groups is 5. The van der Waals surface area contributed by atoms with E-state index < -0.39 is 40.8 Å². The molecule has 12 nitrogen and oxygen atoms in total. The summed E-state index contributed by atoms with van der Waals surface area (Å²) in [6.07, 6.45) is 5.37. The van der Waals surface area contributed by atoms with Crippen LogP contribution in [0.5, 0.6) is 0 Å². The molecule has 4 rings (SSSR count). The first-order valence-electron chi connectivity index (χ1n) is 16.1. The third-order valence-corrected chi connectivity index (χ3v) is 8.75. The lowest BCUT2D eigenvalue weighted by molar-refractivity contribution is -0.157. The summed E-state index contributed by atoms with van der Waals surface area (Å²) in [6.45, 7) is 12.2. The third kappa shape index (κ3) is 8.54. The van der Waals surface area contributed by atoms with Gasteiger partial charge in [0.15, 0.2) is 0 Å². The molecular formula is C35H47N5O7. The van der Waals surface area contributed by atoms with Crippen molar-refractivity contribution in [1.82, 2.24) is 26.1 Å². The van der Waals surface area contributed by atoms with Crippen LogP contribution >= 0.6 is 0 Å². The monoisotopic (exact) mass is 649 g/mol. The van der Waals surface area contributed by atoms with Crippen molar-refractivity contribution in [3.63, 3.8) is 0 Å². The van der Waals surface area contributed by atoms with Crippen LogP contribution < -0.4 is 16.1 Å². The number of amides is 3. The number of hydrogen-bond donors (Lipinski definition) is 3.